The molecule has 3 rings (SSSR count). The molecule has 0 bridgehead atoms. The summed E-state index contributed by atoms with van der Waals surface area (Å²) in [7, 11) is 3.26. The Morgan fingerprint density at radius 2 is 1.70 bits per heavy atom. The van der Waals surface area contributed by atoms with E-state index in [-0.39, 0.29) is 0 Å². The van der Waals surface area contributed by atoms with Gasteiger partial charge >= 0.3 is 0 Å². The van der Waals surface area contributed by atoms with Gasteiger partial charge in [-0.25, -0.2) is 9.97 Å². The van der Waals surface area contributed by atoms with Crippen molar-refractivity contribution in [1.29, 1.82) is 0 Å². The number of aromatic nitrogens is 2. The van der Waals surface area contributed by atoms with Gasteiger partial charge in [-0.2, -0.15) is 0 Å². The first-order chi connectivity index (χ1) is 11.1. The second kappa shape index (κ2) is 6.54. The fourth-order valence-corrected chi connectivity index (χ4v) is 3.04. The predicted molar refractivity (Wildman–Crippen MR) is 94.7 cm³/mol. The molecule has 0 N–H and O–H groups in total. The van der Waals surface area contributed by atoms with Gasteiger partial charge in [0, 0.05) is 37.6 Å². The lowest BCUT2D eigenvalue weighted by Gasteiger charge is -2.36. The van der Waals surface area contributed by atoms with Crippen LogP contribution in [-0.2, 0) is 0 Å². The molecule has 0 radical (unpaired) electrons. The van der Waals surface area contributed by atoms with E-state index in [1.54, 1.807) is 20.5 Å². The summed E-state index contributed by atoms with van der Waals surface area (Å²) in [6, 6.07) is 3.83. The van der Waals surface area contributed by atoms with Crippen LogP contribution in [0.1, 0.15) is 6.92 Å². The number of piperazine rings is 1. The monoisotopic (exact) mass is 332 g/mol. The molecule has 122 valence electrons. The lowest BCUT2D eigenvalue weighted by molar-refractivity contribution is 0.355. The number of methoxy groups -OCH3 is 2. The molecule has 0 spiro atoms. The summed E-state index contributed by atoms with van der Waals surface area (Å²) in [5, 5.41) is 0.970. The molecule has 1 aliphatic rings. The number of hydrogen-bond donors (Lipinski definition) is 0. The molecule has 0 amide bonds. The van der Waals surface area contributed by atoms with Crippen molar-refractivity contribution in [3.8, 4) is 11.5 Å². The summed E-state index contributed by atoms with van der Waals surface area (Å²) in [5.74, 6) is 2.29. The fraction of sp³-hybridized carbons (Fsp3) is 0.438. The van der Waals surface area contributed by atoms with Gasteiger partial charge < -0.3 is 19.3 Å². The van der Waals surface area contributed by atoms with Crippen molar-refractivity contribution in [2.45, 2.75) is 6.92 Å². The van der Waals surface area contributed by atoms with E-state index < -0.39 is 0 Å². The Morgan fingerprint density at radius 1 is 1.04 bits per heavy atom. The third-order valence-electron chi connectivity index (χ3n) is 4.14. The van der Waals surface area contributed by atoms with Gasteiger partial charge in [-0.3, -0.25) is 0 Å². The van der Waals surface area contributed by atoms with Crippen LogP contribution < -0.4 is 14.4 Å². The van der Waals surface area contributed by atoms with E-state index in [9.17, 15) is 0 Å². The zero-order chi connectivity index (χ0) is 16.4. The number of anilines is 1. The highest BCUT2D eigenvalue weighted by molar-refractivity contribution is 7.80. The Morgan fingerprint density at radius 3 is 2.30 bits per heavy atom. The molecule has 23 heavy (non-hydrogen) atoms. The minimum atomic E-state index is 0.672. The van der Waals surface area contributed by atoms with Gasteiger partial charge in [-0.15, -0.1) is 0 Å². The van der Waals surface area contributed by atoms with E-state index in [0.29, 0.717) is 11.5 Å². The molecular formula is C16H20N4O2S. The summed E-state index contributed by atoms with van der Waals surface area (Å²) >= 11 is 5.26. The number of thiocarbonyl (C=S) groups is 1. The molecule has 0 unspecified atom stereocenters. The van der Waals surface area contributed by atoms with Crippen LogP contribution in [-0.4, -0.2) is 60.3 Å². The average Bonchev–Trinajstić information content (AvgIpc) is 2.60. The minimum Gasteiger partial charge on any atom is -0.493 e. The Hall–Kier alpha value is -2.15. The number of rotatable bonds is 3. The van der Waals surface area contributed by atoms with Crippen LogP contribution >= 0.6 is 12.2 Å². The maximum atomic E-state index is 5.41. The number of ether oxygens (including phenoxy) is 2. The average molecular weight is 332 g/mol. The molecule has 1 aromatic heterocycles. The van der Waals surface area contributed by atoms with Gasteiger partial charge in [0.2, 0.25) is 0 Å². The van der Waals surface area contributed by atoms with Gasteiger partial charge in [0.05, 0.1) is 24.7 Å². The predicted octanol–water partition coefficient (Wildman–Crippen LogP) is 2.12. The first kappa shape index (κ1) is 15.7. The molecular weight excluding hydrogens is 312 g/mol. The maximum absolute atomic E-state index is 5.41. The van der Waals surface area contributed by atoms with Crippen LogP contribution in [0.15, 0.2) is 18.5 Å². The lowest BCUT2D eigenvalue weighted by Crippen LogP contribution is -2.48. The van der Waals surface area contributed by atoms with Gasteiger partial charge in [-0.05, 0) is 13.0 Å². The SMILES string of the molecule is COc1cc2ncnc(N3CCN(C(C)=S)CC3)c2cc1OC. The highest BCUT2D eigenvalue weighted by Gasteiger charge is 2.21. The van der Waals surface area contributed by atoms with Crippen LogP contribution in [0.3, 0.4) is 0 Å². The molecule has 7 heteroatoms. The van der Waals surface area contributed by atoms with E-state index in [0.717, 1.165) is 47.9 Å². The molecule has 2 aromatic rings. The number of fused-ring (bicyclic) bond motifs is 1. The Bertz CT molecular complexity index is 729. The Labute approximate surface area is 141 Å². The molecule has 0 aliphatic carbocycles. The summed E-state index contributed by atoms with van der Waals surface area (Å²) in [4.78, 5) is 14.3. The normalized spacial score (nSPS) is 14.9. The van der Waals surface area contributed by atoms with Gasteiger partial charge in [0.15, 0.2) is 11.5 Å². The first-order valence-electron chi connectivity index (χ1n) is 7.51. The summed E-state index contributed by atoms with van der Waals surface area (Å²) in [6.45, 7) is 5.56. The molecule has 1 fully saturated rings. The molecule has 6 nitrogen and oxygen atoms in total. The van der Waals surface area contributed by atoms with Crippen LogP contribution in [0.25, 0.3) is 10.9 Å². The highest BCUT2D eigenvalue weighted by Crippen LogP contribution is 2.34. The molecule has 0 atom stereocenters. The second-order valence-electron chi connectivity index (χ2n) is 5.41. The fourth-order valence-electron chi connectivity index (χ4n) is 2.85. The lowest BCUT2D eigenvalue weighted by atomic mass is 10.2. The number of hydrogen-bond acceptors (Lipinski definition) is 6. The van der Waals surface area contributed by atoms with Gasteiger partial charge in [0.1, 0.15) is 12.1 Å². The molecule has 0 saturated carbocycles. The van der Waals surface area contributed by atoms with E-state index in [1.165, 1.54) is 0 Å². The van der Waals surface area contributed by atoms with E-state index in [2.05, 4.69) is 19.8 Å². The molecule has 2 heterocycles. The second-order valence-corrected chi connectivity index (χ2v) is 6.01. The van der Waals surface area contributed by atoms with Crippen molar-refractivity contribution in [2.75, 3.05) is 45.3 Å². The van der Waals surface area contributed by atoms with Crippen molar-refractivity contribution < 1.29 is 9.47 Å². The number of nitrogens with zero attached hydrogens (tertiary/aromatic N) is 4. The van der Waals surface area contributed by atoms with E-state index in [1.807, 2.05) is 19.1 Å². The zero-order valence-corrected chi connectivity index (χ0v) is 14.4. The quantitative estimate of drug-likeness (QED) is 0.798. The van der Waals surface area contributed by atoms with Gasteiger partial charge in [-0.1, -0.05) is 12.2 Å². The van der Waals surface area contributed by atoms with Crippen molar-refractivity contribution in [3.05, 3.63) is 18.5 Å². The third-order valence-corrected chi connectivity index (χ3v) is 4.40. The van der Waals surface area contributed by atoms with Crippen LogP contribution in [0.5, 0.6) is 11.5 Å². The van der Waals surface area contributed by atoms with Crippen LogP contribution in [0.2, 0.25) is 0 Å². The van der Waals surface area contributed by atoms with Crippen molar-refractivity contribution in [2.24, 2.45) is 0 Å². The number of benzene rings is 1. The highest BCUT2D eigenvalue weighted by atomic mass is 32.1. The van der Waals surface area contributed by atoms with Crippen LogP contribution in [0.4, 0.5) is 5.82 Å². The zero-order valence-electron chi connectivity index (χ0n) is 13.6. The smallest absolute Gasteiger partial charge is 0.162 e. The molecule has 1 saturated heterocycles. The van der Waals surface area contributed by atoms with Crippen LogP contribution in [0, 0.1) is 0 Å². The largest absolute Gasteiger partial charge is 0.493 e. The third kappa shape index (κ3) is 3.01. The first-order valence-corrected chi connectivity index (χ1v) is 7.92. The van der Waals surface area contributed by atoms with Crippen molar-refractivity contribution in [1.82, 2.24) is 14.9 Å². The van der Waals surface area contributed by atoms with E-state index in [4.69, 9.17) is 21.7 Å². The van der Waals surface area contributed by atoms with Crippen molar-refractivity contribution >= 4 is 33.9 Å². The maximum Gasteiger partial charge on any atom is 0.162 e. The molecule has 1 aliphatic heterocycles. The van der Waals surface area contributed by atoms with E-state index >= 15 is 0 Å². The summed E-state index contributed by atoms with van der Waals surface area (Å²) in [5.41, 5.74) is 0.848. The Balaban J connectivity index is 1.97. The summed E-state index contributed by atoms with van der Waals surface area (Å²) < 4.78 is 10.8. The topological polar surface area (TPSA) is 50.7 Å². The Kier molecular flexibility index (Phi) is 4.47. The minimum absolute atomic E-state index is 0.672. The van der Waals surface area contributed by atoms with Crippen molar-refractivity contribution in [3.63, 3.8) is 0 Å². The van der Waals surface area contributed by atoms with Gasteiger partial charge in [0.25, 0.3) is 0 Å². The standard InChI is InChI=1S/C16H20N4O2S/c1-11(23)19-4-6-20(7-5-19)16-12-8-14(21-2)15(22-3)9-13(12)17-10-18-16/h8-10H,4-7H2,1-3H3. The summed E-state index contributed by atoms with van der Waals surface area (Å²) in [6.07, 6.45) is 1.60. The molecule has 1 aromatic carbocycles.